The standard InChI is InChI=1S/C12H22N2O2/c1-4-7-12(16)14(9-6-3)10-11(15)13-8-5-2/h4,7H,5-6,8-10H2,1-3H3,(H,13,15). The van der Waals surface area contributed by atoms with E-state index in [4.69, 9.17) is 0 Å². The van der Waals surface area contributed by atoms with E-state index in [1.807, 2.05) is 13.8 Å². The Bertz CT molecular complexity index is 249. The molecule has 0 rings (SSSR count). The molecule has 0 aliphatic rings. The molecule has 0 saturated carbocycles. The zero-order valence-corrected chi connectivity index (χ0v) is 10.5. The molecule has 0 aromatic rings. The smallest absolute Gasteiger partial charge is 0.246 e. The lowest BCUT2D eigenvalue weighted by Crippen LogP contribution is -2.40. The van der Waals surface area contributed by atoms with Crippen LogP contribution in [0.15, 0.2) is 12.2 Å². The molecule has 0 spiro atoms. The summed E-state index contributed by atoms with van der Waals surface area (Å²) < 4.78 is 0. The summed E-state index contributed by atoms with van der Waals surface area (Å²) in [6.07, 6.45) is 4.93. The molecular weight excluding hydrogens is 204 g/mol. The molecule has 4 heteroatoms. The van der Waals surface area contributed by atoms with E-state index >= 15 is 0 Å². The Morgan fingerprint density at radius 1 is 1.25 bits per heavy atom. The van der Waals surface area contributed by atoms with Crippen LogP contribution in [0.4, 0.5) is 0 Å². The fourth-order valence-corrected chi connectivity index (χ4v) is 1.28. The topological polar surface area (TPSA) is 49.4 Å². The molecular formula is C12H22N2O2. The zero-order chi connectivity index (χ0) is 12.4. The molecule has 0 unspecified atom stereocenters. The Labute approximate surface area is 97.7 Å². The Morgan fingerprint density at radius 3 is 2.44 bits per heavy atom. The number of amides is 2. The van der Waals surface area contributed by atoms with Gasteiger partial charge in [0.15, 0.2) is 0 Å². The largest absolute Gasteiger partial charge is 0.355 e. The summed E-state index contributed by atoms with van der Waals surface area (Å²) in [6.45, 7) is 7.20. The molecule has 0 radical (unpaired) electrons. The van der Waals surface area contributed by atoms with Gasteiger partial charge in [0.2, 0.25) is 11.8 Å². The third-order valence-corrected chi connectivity index (χ3v) is 2.02. The van der Waals surface area contributed by atoms with Crippen molar-refractivity contribution < 1.29 is 9.59 Å². The van der Waals surface area contributed by atoms with Crippen molar-refractivity contribution in [1.82, 2.24) is 10.2 Å². The molecule has 0 fully saturated rings. The van der Waals surface area contributed by atoms with Crippen molar-refractivity contribution in [3.63, 3.8) is 0 Å². The summed E-state index contributed by atoms with van der Waals surface area (Å²) in [5, 5.41) is 2.76. The first-order chi connectivity index (χ1) is 7.65. The molecule has 0 heterocycles. The zero-order valence-electron chi connectivity index (χ0n) is 10.5. The lowest BCUT2D eigenvalue weighted by molar-refractivity contribution is -0.132. The van der Waals surface area contributed by atoms with E-state index < -0.39 is 0 Å². The van der Waals surface area contributed by atoms with Crippen LogP contribution >= 0.6 is 0 Å². The van der Waals surface area contributed by atoms with Gasteiger partial charge in [-0.2, -0.15) is 0 Å². The van der Waals surface area contributed by atoms with Crippen molar-refractivity contribution in [2.24, 2.45) is 0 Å². The third kappa shape index (κ3) is 6.22. The van der Waals surface area contributed by atoms with Crippen LogP contribution < -0.4 is 5.32 Å². The number of hydrogen-bond acceptors (Lipinski definition) is 2. The fraction of sp³-hybridized carbons (Fsp3) is 0.667. The molecule has 0 atom stereocenters. The van der Waals surface area contributed by atoms with Crippen molar-refractivity contribution in [3.05, 3.63) is 12.2 Å². The van der Waals surface area contributed by atoms with Crippen molar-refractivity contribution >= 4 is 11.8 Å². The highest BCUT2D eigenvalue weighted by atomic mass is 16.2. The van der Waals surface area contributed by atoms with Crippen LogP contribution in [0.3, 0.4) is 0 Å². The van der Waals surface area contributed by atoms with Gasteiger partial charge in [-0.3, -0.25) is 9.59 Å². The summed E-state index contributed by atoms with van der Waals surface area (Å²) in [4.78, 5) is 24.6. The molecule has 1 N–H and O–H groups in total. The van der Waals surface area contributed by atoms with E-state index in [0.29, 0.717) is 13.1 Å². The number of nitrogens with zero attached hydrogens (tertiary/aromatic N) is 1. The van der Waals surface area contributed by atoms with Gasteiger partial charge in [-0.05, 0) is 25.8 Å². The summed E-state index contributed by atoms with van der Waals surface area (Å²) in [5.41, 5.74) is 0. The summed E-state index contributed by atoms with van der Waals surface area (Å²) in [7, 11) is 0. The van der Waals surface area contributed by atoms with Gasteiger partial charge in [0.1, 0.15) is 0 Å². The first kappa shape index (κ1) is 14.7. The van der Waals surface area contributed by atoms with Gasteiger partial charge in [-0.1, -0.05) is 19.9 Å². The van der Waals surface area contributed by atoms with Gasteiger partial charge in [-0.15, -0.1) is 0 Å². The summed E-state index contributed by atoms with van der Waals surface area (Å²) in [5.74, 6) is -0.191. The number of nitrogens with one attached hydrogen (secondary N) is 1. The van der Waals surface area contributed by atoms with E-state index in [1.165, 1.54) is 6.08 Å². The molecule has 2 amide bonds. The normalized spacial score (nSPS) is 10.4. The first-order valence-corrected chi connectivity index (χ1v) is 5.83. The minimum absolute atomic E-state index is 0.0897. The lowest BCUT2D eigenvalue weighted by atomic mass is 10.3. The van der Waals surface area contributed by atoms with Crippen molar-refractivity contribution in [1.29, 1.82) is 0 Å². The van der Waals surface area contributed by atoms with Crippen LogP contribution in [0.2, 0.25) is 0 Å². The van der Waals surface area contributed by atoms with E-state index in [1.54, 1.807) is 17.9 Å². The van der Waals surface area contributed by atoms with E-state index in [2.05, 4.69) is 5.32 Å². The monoisotopic (exact) mass is 226 g/mol. The molecule has 16 heavy (non-hydrogen) atoms. The average Bonchev–Trinajstić information content (AvgIpc) is 2.26. The van der Waals surface area contributed by atoms with Crippen LogP contribution in [-0.2, 0) is 9.59 Å². The number of carbonyl (C=O) groups is 2. The second kappa shape index (κ2) is 8.95. The second-order valence-corrected chi connectivity index (χ2v) is 3.61. The number of rotatable bonds is 7. The van der Waals surface area contributed by atoms with Crippen LogP contribution in [0.5, 0.6) is 0 Å². The molecule has 92 valence electrons. The van der Waals surface area contributed by atoms with E-state index in [-0.39, 0.29) is 18.4 Å². The second-order valence-electron chi connectivity index (χ2n) is 3.61. The first-order valence-electron chi connectivity index (χ1n) is 5.83. The van der Waals surface area contributed by atoms with E-state index in [0.717, 1.165) is 12.8 Å². The number of carbonyl (C=O) groups excluding carboxylic acids is 2. The van der Waals surface area contributed by atoms with Gasteiger partial charge in [0, 0.05) is 13.1 Å². The predicted octanol–water partition coefficient (Wildman–Crippen LogP) is 1.33. The quantitative estimate of drug-likeness (QED) is 0.666. The fourth-order valence-electron chi connectivity index (χ4n) is 1.28. The van der Waals surface area contributed by atoms with E-state index in [9.17, 15) is 9.59 Å². The number of hydrogen-bond donors (Lipinski definition) is 1. The SMILES string of the molecule is CC=CC(=O)N(CCC)CC(=O)NCCC. The maximum atomic E-state index is 11.6. The Morgan fingerprint density at radius 2 is 1.94 bits per heavy atom. The van der Waals surface area contributed by atoms with Gasteiger partial charge >= 0.3 is 0 Å². The highest BCUT2D eigenvalue weighted by molar-refractivity contribution is 5.91. The Kier molecular flexibility index (Phi) is 8.21. The minimum atomic E-state index is -0.101. The maximum absolute atomic E-state index is 11.6. The molecule has 0 aliphatic heterocycles. The number of allylic oxidation sites excluding steroid dienone is 1. The van der Waals surface area contributed by atoms with Gasteiger partial charge < -0.3 is 10.2 Å². The predicted molar refractivity (Wildman–Crippen MR) is 65.0 cm³/mol. The van der Waals surface area contributed by atoms with Crippen LogP contribution in [0.25, 0.3) is 0 Å². The average molecular weight is 226 g/mol. The van der Waals surface area contributed by atoms with Crippen molar-refractivity contribution in [3.8, 4) is 0 Å². The molecule has 0 bridgehead atoms. The molecule has 0 aliphatic carbocycles. The van der Waals surface area contributed by atoms with Crippen molar-refractivity contribution in [2.75, 3.05) is 19.6 Å². The highest BCUT2D eigenvalue weighted by Gasteiger charge is 2.13. The molecule has 0 aromatic heterocycles. The molecule has 0 aromatic carbocycles. The Hall–Kier alpha value is -1.32. The third-order valence-electron chi connectivity index (χ3n) is 2.02. The van der Waals surface area contributed by atoms with Gasteiger partial charge in [-0.25, -0.2) is 0 Å². The highest BCUT2D eigenvalue weighted by Crippen LogP contribution is 1.94. The summed E-state index contributed by atoms with van der Waals surface area (Å²) >= 11 is 0. The van der Waals surface area contributed by atoms with Gasteiger partial charge in [0.25, 0.3) is 0 Å². The Balaban J connectivity index is 4.21. The minimum Gasteiger partial charge on any atom is -0.355 e. The van der Waals surface area contributed by atoms with Crippen LogP contribution in [-0.4, -0.2) is 36.3 Å². The molecule has 0 saturated heterocycles. The maximum Gasteiger partial charge on any atom is 0.246 e. The van der Waals surface area contributed by atoms with Crippen LogP contribution in [0, 0.1) is 0 Å². The van der Waals surface area contributed by atoms with Crippen molar-refractivity contribution in [2.45, 2.75) is 33.6 Å². The summed E-state index contributed by atoms with van der Waals surface area (Å²) in [6, 6.07) is 0. The lowest BCUT2D eigenvalue weighted by Gasteiger charge is -2.19. The van der Waals surface area contributed by atoms with Gasteiger partial charge in [0.05, 0.1) is 6.54 Å². The molecule has 4 nitrogen and oxygen atoms in total. The van der Waals surface area contributed by atoms with Crippen LogP contribution in [0.1, 0.15) is 33.6 Å².